The van der Waals surface area contributed by atoms with Gasteiger partial charge in [0.15, 0.2) is 5.11 Å². The highest BCUT2D eigenvalue weighted by atomic mass is 32.1. The van der Waals surface area contributed by atoms with E-state index in [0.717, 1.165) is 27.8 Å². The van der Waals surface area contributed by atoms with Crippen LogP contribution >= 0.6 is 12.2 Å². The van der Waals surface area contributed by atoms with Crippen LogP contribution in [-0.2, 0) is 0 Å². The summed E-state index contributed by atoms with van der Waals surface area (Å²) in [6, 6.07) is 13.7. The van der Waals surface area contributed by atoms with Gasteiger partial charge in [0.1, 0.15) is 0 Å². The Morgan fingerprint density at radius 1 is 1.05 bits per heavy atom. The van der Waals surface area contributed by atoms with Gasteiger partial charge in [0.2, 0.25) is 0 Å². The van der Waals surface area contributed by atoms with Crippen molar-refractivity contribution in [2.24, 2.45) is 0 Å². The van der Waals surface area contributed by atoms with E-state index in [4.69, 9.17) is 12.2 Å². The Labute approximate surface area is 127 Å². The highest BCUT2D eigenvalue weighted by Gasteiger charge is 2.03. The lowest BCUT2D eigenvalue weighted by molar-refractivity contribution is 1.06. The number of anilines is 1. The van der Waals surface area contributed by atoms with Crippen LogP contribution in [0.4, 0.5) is 5.69 Å². The average molecular weight is 294 g/mol. The van der Waals surface area contributed by atoms with Gasteiger partial charge in [0, 0.05) is 12.2 Å². The van der Waals surface area contributed by atoms with Crippen molar-refractivity contribution in [2.75, 3.05) is 11.9 Å². The average Bonchev–Trinajstić information content (AvgIpc) is 2.51. The van der Waals surface area contributed by atoms with E-state index in [1.54, 1.807) is 6.08 Å². The smallest absolute Gasteiger partial charge is 0.171 e. The van der Waals surface area contributed by atoms with E-state index in [9.17, 15) is 0 Å². The lowest BCUT2D eigenvalue weighted by atomic mass is 10.2. The Kier molecular flexibility index (Phi) is 3.75. The zero-order chi connectivity index (χ0) is 14.7. The molecule has 0 aliphatic carbocycles. The number of nitrogens with one attached hydrogen (secondary N) is 2. The van der Waals surface area contributed by atoms with Crippen LogP contribution in [-0.4, -0.2) is 21.6 Å². The summed E-state index contributed by atoms with van der Waals surface area (Å²) >= 11 is 5.20. The van der Waals surface area contributed by atoms with Crippen LogP contribution in [0.2, 0.25) is 0 Å². The normalized spacial score (nSPS) is 10.5. The van der Waals surface area contributed by atoms with Gasteiger partial charge in [-0.1, -0.05) is 18.2 Å². The molecule has 0 unspecified atom stereocenters. The molecule has 0 saturated heterocycles. The standard InChI is InChI=1S/C16H14N4S/c1-2-9-17-16(21)18-11-7-8-14-15(10-11)20-13-6-4-3-5-12(13)19-14/h2-8,10H,1,9H2,(H2,17,18,21). The Morgan fingerprint density at radius 3 is 2.43 bits per heavy atom. The van der Waals surface area contributed by atoms with Gasteiger partial charge in [-0.05, 0) is 42.5 Å². The number of hydrogen-bond acceptors (Lipinski definition) is 3. The molecule has 2 N–H and O–H groups in total. The number of thiocarbonyl (C=S) groups is 1. The van der Waals surface area contributed by atoms with Crippen molar-refractivity contribution < 1.29 is 0 Å². The zero-order valence-corrected chi connectivity index (χ0v) is 12.2. The van der Waals surface area contributed by atoms with Crippen molar-refractivity contribution in [3.05, 3.63) is 55.1 Å². The largest absolute Gasteiger partial charge is 0.359 e. The third-order valence-corrected chi connectivity index (χ3v) is 3.25. The fourth-order valence-electron chi connectivity index (χ4n) is 2.04. The van der Waals surface area contributed by atoms with E-state index in [1.807, 2.05) is 42.5 Å². The van der Waals surface area contributed by atoms with Gasteiger partial charge in [-0.2, -0.15) is 0 Å². The number of rotatable bonds is 3. The minimum atomic E-state index is 0.558. The van der Waals surface area contributed by atoms with Crippen molar-refractivity contribution in [2.45, 2.75) is 0 Å². The molecule has 1 aromatic heterocycles. The first-order chi connectivity index (χ1) is 10.3. The molecular weight excluding hydrogens is 280 g/mol. The van der Waals surface area contributed by atoms with E-state index in [-0.39, 0.29) is 0 Å². The molecule has 3 rings (SSSR count). The van der Waals surface area contributed by atoms with Crippen LogP contribution in [0, 0.1) is 0 Å². The number of hydrogen-bond donors (Lipinski definition) is 2. The van der Waals surface area contributed by atoms with Crippen LogP contribution < -0.4 is 10.6 Å². The molecule has 0 radical (unpaired) electrons. The van der Waals surface area contributed by atoms with Crippen LogP contribution in [0.25, 0.3) is 22.1 Å². The first-order valence-corrected chi connectivity index (χ1v) is 6.99. The predicted molar refractivity (Wildman–Crippen MR) is 91.5 cm³/mol. The molecule has 0 aliphatic rings. The fraction of sp³-hybridized carbons (Fsp3) is 0.0625. The highest BCUT2D eigenvalue weighted by Crippen LogP contribution is 2.19. The Morgan fingerprint density at radius 2 is 1.71 bits per heavy atom. The van der Waals surface area contributed by atoms with E-state index >= 15 is 0 Å². The molecule has 0 bridgehead atoms. The molecular formula is C16H14N4S. The van der Waals surface area contributed by atoms with Gasteiger partial charge < -0.3 is 10.6 Å². The second kappa shape index (κ2) is 5.85. The van der Waals surface area contributed by atoms with Gasteiger partial charge in [-0.15, -0.1) is 6.58 Å². The third-order valence-electron chi connectivity index (χ3n) is 3.00. The summed E-state index contributed by atoms with van der Waals surface area (Å²) in [6.07, 6.45) is 1.76. The summed E-state index contributed by atoms with van der Waals surface area (Å²) in [5.41, 5.74) is 4.37. The summed E-state index contributed by atoms with van der Waals surface area (Å²) in [4.78, 5) is 9.22. The number of nitrogens with zero attached hydrogens (tertiary/aromatic N) is 2. The van der Waals surface area contributed by atoms with Crippen molar-refractivity contribution in [1.82, 2.24) is 15.3 Å². The molecule has 3 aromatic rings. The van der Waals surface area contributed by atoms with Crippen molar-refractivity contribution >= 4 is 45.1 Å². The van der Waals surface area contributed by atoms with Gasteiger partial charge in [0.05, 0.1) is 22.1 Å². The number of benzene rings is 2. The second-order valence-electron chi connectivity index (χ2n) is 4.54. The third kappa shape index (κ3) is 2.98. The molecule has 1 heterocycles. The van der Waals surface area contributed by atoms with Gasteiger partial charge in [-0.3, -0.25) is 0 Å². The maximum atomic E-state index is 5.20. The molecule has 0 atom stereocenters. The molecule has 2 aromatic carbocycles. The SMILES string of the molecule is C=CCNC(=S)Nc1ccc2nc3ccccc3nc2c1. The van der Waals surface area contributed by atoms with E-state index in [1.165, 1.54) is 0 Å². The fourth-order valence-corrected chi connectivity index (χ4v) is 2.24. The monoisotopic (exact) mass is 294 g/mol. The molecule has 21 heavy (non-hydrogen) atoms. The first-order valence-electron chi connectivity index (χ1n) is 6.58. The number of fused-ring (bicyclic) bond motifs is 2. The summed E-state index contributed by atoms with van der Waals surface area (Å²) in [5.74, 6) is 0. The molecule has 104 valence electrons. The van der Waals surface area contributed by atoms with Crippen molar-refractivity contribution in [3.8, 4) is 0 Å². The summed E-state index contributed by atoms with van der Waals surface area (Å²) in [7, 11) is 0. The summed E-state index contributed by atoms with van der Waals surface area (Å²) in [5, 5.41) is 6.70. The maximum absolute atomic E-state index is 5.20. The Bertz CT molecular complexity index is 829. The van der Waals surface area contributed by atoms with E-state index < -0.39 is 0 Å². The molecule has 0 amide bonds. The lowest BCUT2D eigenvalue weighted by Gasteiger charge is -2.09. The molecule has 0 saturated carbocycles. The molecule has 0 aliphatic heterocycles. The second-order valence-corrected chi connectivity index (χ2v) is 4.95. The van der Waals surface area contributed by atoms with E-state index in [0.29, 0.717) is 11.7 Å². The summed E-state index contributed by atoms with van der Waals surface area (Å²) in [6.45, 7) is 4.27. The first kappa shape index (κ1) is 13.5. The van der Waals surface area contributed by atoms with Gasteiger partial charge >= 0.3 is 0 Å². The minimum Gasteiger partial charge on any atom is -0.359 e. The molecule has 5 heteroatoms. The van der Waals surface area contributed by atoms with Crippen LogP contribution in [0.1, 0.15) is 0 Å². The van der Waals surface area contributed by atoms with E-state index in [2.05, 4.69) is 27.2 Å². The van der Waals surface area contributed by atoms with Crippen LogP contribution in [0.15, 0.2) is 55.1 Å². The Hall–Kier alpha value is -2.53. The van der Waals surface area contributed by atoms with Gasteiger partial charge in [-0.25, -0.2) is 9.97 Å². The topological polar surface area (TPSA) is 49.8 Å². The van der Waals surface area contributed by atoms with Crippen molar-refractivity contribution in [1.29, 1.82) is 0 Å². The summed E-state index contributed by atoms with van der Waals surface area (Å²) < 4.78 is 0. The van der Waals surface area contributed by atoms with Gasteiger partial charge in [0.25, 0.3) is 0 Å². The van der Waals surface area contributed by atoms with Crippen LogP contribution in [0.5, 0.6) is 0 Å². The number of aromatic nitrogens is 2. The van der Waals surface area contributed by atoms with Crippen molar-refractivity contribution in [3.63, 3.8) is 0 Å². The molecule has 4 nitrogen and oxygen atoms in total. The molecule has 0 spiro atoms. The minimum absolute atomic E-state index is 0.558. The lowest BCUT2D eigenvalue weighted by Crippen LogP contribution is -2.28. The molecule has 0 fully saturated rings. The van der Waals surface area contributed by atoms with Crippen LogP contribution in [0.3, 0.4) is 0 Å². The highest BCUT2D eigenvalue weighted by molar-refractivity contribution is 7.80. The predicted octanol–water partition coefficient (Wildman–Crippen LogP) is 3.26. The maximum Gasteiger partial charge on any atom is 0.171 e. The Balaban J connectivity index is 1.93. The number of para-hydroxylation sites is 2. The zero-order valence-electron chi connectivity index (χ0n) is 11.3. The quantitative estimate of drug-likeness (QED) is 0.441.